The van der Waals surface area contributed by atoms with Crippen molar-refractivity contribution in [3.63, 3.8) is 0 Å². The molecule has 2 aromatic rings. The lowest BCUT2D eigenvalue weighted by atomic mass is 9.70. The van der Waals surface area contributed by atoms with E-state index in [1.807, 2.05) is 23.6 Å². The number of nitrogens with zero attached hydrogens (tertiary/aromatic N) is 1. The molecule has 2 heterocycles. The first kappa shape index (κ1) is 13.5. The summed E-state index contributed by atoms with van der Waals surface area (Å²) in [6, 6.07) is 10.3. The second-order valence-electron chi connectivity index (χ2n) is 6.17. The summed E-state index contributed by atoms with van der Waals surface area (Å²) in [7, 11) is 0. The molecule has 2 aliphatic rings. The summed E-state index contributed by atoms with van der Waals surface area (Å²) in [5.41, 5.74) is 3.60. The van der Waals surface area contributed by atoms with Crippen LogP contribution in [-0.4, -0.2) is 5.91 Å². The highest BCUT2D eigenvalue weighted by Crippen LogP contribution is 2.48. The standard InChI is InChI=1S/C18H16N2OS/c19-10-12-8-16(22-11-12)13-4-5-15-14(9-13)18(17(21)20-15)6-2-1-3-7-18/h4-5,8-9,11H,1-3,6-7H2,(H,20,21). The van der Waals surface area contributed by atoms with Crippen LogP contribution in [0.5, 0.6) is 0 Å². The van der Waals surface area contributed by atoms with Crippen LogP contribution in [0.1, 0.15) is 43.2 Å². The van der Waals surface area contributed by atoms with Gasteiger partial charge in [0.2, 0.25) is 5.91 Å². The predicted octanol–water partition coefficient (Wildman–Crippen LogP) is 4.44. The van der Waals surface area contributed by atoms with E-state index in [-0.39, 0.29) is 11.3 Å². The largest absolute Gasteiger partial charge is 0.325 e. The molecule has 1 spiro atoms. The molecule has 1 aromatic heterocycles. The minimum Gasteiger partial charge on any atom is -0.325 e. The van der Waals surface area contributed by atoms with Crippen LogP contribution in [0.2, 0.25) is 0 Å². The lowest BCUT2D eigenvalue weighted by molar-refractivity contribution is -0.121. The number of nitrogens with one attached hydrogen (secondary N) is 1. The van der Waals surface area contributed by atoms with Gasteiger partial charge in [-0.15, -0.1) is 11.3 Å². The molecule has 22 heavy (non-hydrogen) atoms. The van der Waals surface area contributed by atoms with Crippen LogP contribution in [0.3, 0.4) is 0 Å². The quantitative estimate of drug-likeness (QED) is 0.846. The number of hydrogen-bond donors (Lipinski definition) is 1. The molecule has 1 aliphatic heterocycles. The van der Waals surface area contributed by atoms with Crippen molar-refractivity contribution in [3.8, 4) is 16.5 Å². The summed E-state index contributed by atoms with van der Waals surface area (Å²) in [6.45, 7) is 0. The molecule has 0 bridgehead atoms. The average Bonchev–Trinajstić information content (AvgIpc) is 3.13. The first-order valence-electron chi connectivity index (χ1n) is 7.68. The Kier molecular flexibility index (Phi) is 3.05. The Bertz CT molecular complexity index is 794. The minimum absolute atomic E-state index is 0.170. The molecule has 1 fully saturated rings. The molecular weight excluding hydrogens is 292 g/mol. The number of thiophene rings is 1. The molecule has 0 unspecified atom stereocenters. The van der Waals surface area contributed by atoms with Gasteiger partial charge in [0.15, 0.2) is 0 Å². The Morgan fingerprint density at radius 2 is 2.00 bits per heavy atom. The Morgan fingerprint density at radius 1 is 1.18 bits per heavy atom. The normalized spacial score (nSPS) is 18.8. The van der Waals surface area contributed by atoms with Crippen molar-refractivity contribution < 1.29 is 4.79 Å². The topological polar surface area (TPSA) is 52.9 Å². The van der Waals surface area contributed by atoms with Gasteiger partial charge in [-0.05, 0) is 42.2 Å². The summed E-state index contributed by atoms with van der Waals surface area (Å²) in [5.74, 6) is 0.170. The molecule has 4 heteroatoms. The van der Waals surface area contributed by atoms with E-state index in [1.165, 1.54) is 6.42 Å². The lowest BCUT2D eigenvalue weighted by Crippen LogP contribution is -2.36. The SMILES string of the molecule is N#Cc1csc(-c2ccc3c(c2)C2(CCCCC2)C(=O)N3)c1. The molecule has 3 nitrogen and oxygen atoms in total. The summed E-state index contributed by atoms with van der Waals surface area (Å²) in [4.78, 5) is 13.6. The average molecular weight is 308 g/mol. The summed E-state index contributed by atoms with van der Waals surface area (Å²) in [5, 5.41) is 13.9. The summed E-state index contributed by atoms with van der Waals surface area (Å²) < 4.78 is 0. The van der Waals surface area contributed by atoms with Gasteiger partial charge < -0.3 is 5.32 Å². The number of nitriles is 1. The third-order valence-corrected chi connectivity index (χ3v) is 5.92. The smallest absolute Gasteiger partial charge is 0.235 e. The third kappa shape index (κ3) is 1.89. The van der Waals surface area contributed by atoms with E-state index in [0.717, 1.165) is 47.4 Å². The fraction of sp³-hybridized carbons (Fsp3) is 0.333. The van der Waals surface area contributed by atoms with Crippen LogP contribution >= 0.6 is 11.3 Å². The van der Waals surface area contributed by atoms with Gasteiger partial charge in [0, 0.05) is 15.9 Å². The zero-order chi connectivity index (χ0) is 15.2. The molecule has 1 aromatic carbocycles. The molecule has 110 valence electrons. The fourth-order valence-electron chi connectivity index (χ4n) is 3.76. The van der Waals surface area contributed by atoms with Gasteiger partial charge in [-0.2, -0.15) is 5.26 Å². The lowest BCUT2D eigenvalue weighted by Gasteiger charge is -2.31. The van der Waals surface area contributed by atoms with E-state index in [1.54, 1.807) is 11.3 Å². The summed E-state index contributed by atoms with van der Waals surface area (Å²) >= 11 is 1.58. The number of fused-ring (bicyclic) bond motifs is 2. The Labute approximate surface area is 133 Å². The number of rotatable bonds is 1. The molecule has 0 radical (unpaired) electrons. The second kappa shape index (κ2) is 4.96. The van der Waals surface area contributed by atoms with E-state index in [0.29, 0.717) is 5.56 Å². The van der Waals surface area contributed by atoms with Gasteiger partial charge in [-0.3, -0.25) is 4.79 Å². The molecular formula is C18H16N2OS. The van der Waals surface area contributed by atoms with Crippen molar-refractivity contribution in [1.82, 2.24) is 0 Å². The van der Waals surface area contributed by atoms with Crippen molar-refractivity contribution in [2.24, 2.45) is 0 Å². The van der Waals surface area contributed by atoms with Crippen LogP contribution in [0.25, 0.3) is 10.4 Å². The monoisotopic (exact) mass is 308 g/mol. The van der Waals surface area contributed by atoms with Crippen molar-refractivity contribution in [2.45, 2.75) is 37.5 Å². The van der Waals surface area contributed by atoms with Gasteiger partial charge in [-0.25, -0.2) is 0 Å². The van der Waals surface area contributed by atoms with Gasteiger partial charge >= 0.3 is 0 Å². The van der Waals surface area contributed by atoms with Crippen LogP contribution < -0.4 is 5.32 Å². The molecule has 4 rings (SSSR count). The number of anilines is 1. The first-order valence-corrected chi connectivity index (χ1v) is 8.56. The van der Waals surface area contributed by atoms with Crippen LogP contribution in [0.4, 0.5) is 5.69 Å². The van der Waals surface area contributed by atoms with Crippen molar-refractivity contribution in [3.05, 3.63) is 40.8 Å². The number of carbonyl (C=O) groups excluding carboxylic acids is 1. The van der Waals surface area contributed by atoms with E-state index in [4.69, 9.17) is 5.26 Å². The summed E-state index contributed by atoms with van der Waals surface area (Å²) in [6.07, 6.45) is 5.36. The van der Waals surface area contributed by atoms with Gasteiger partial charge in [0.1, 0.15) is 6.07 Å². The predicted molar refractivity (Wildman–Crippen MR) is 87.9 cm³/mol. The fourth-order valence-corrected chi connectivity index (χ4v) is 4.60. The van der Waals surface area contributed by atoms with Crippen molar-refractivity contribution in [2.75, 3.05) is 5.32 Å². The minimum atomic E-state index is -0.321. The van der Waals surface area contributed by atoms with E-state index < -0.39 is 0 Å². The Hall–Kier alpha value is -2.12. The van der Waals surface area contributed by atoms with E-state index in [2.05, 4.69) is 17.5 Å². The zero-order valence-corrected chi connectivity index (χ0v) is 13.0. The maximum absolute atomic E-state index is 12.6. The first-order chi connectivity index (χ1) is 10.7. The highest BCUT2D eigenvalue weighted by molar-refractivity contribution is 7.13. The zero-order valence-electron chi connectivity index (χ0n) is 12.2. The highest BCUT2D eigenvalue weighted by Gasteiger charge is 2.47. The maximum atomic E-state index is 12.6. The molecule has 1 N–H and O–H groups in total. The van der Waals surface area contributed by atoms with E-state index in [9.17, 15) is 4.79 Å². The Morgan fingerprint density at radius 3 is 2.73 bits per heavy atom. The third-order valence-electron chi connectivity index (χ3n) is 4.94. The maximum Gasteiger partial charge on any atom is 0.235 e. The van der Waals surface area contributed by atoms with E-state index >= 15 is 0 Å². The highest BCUT2D eigenvalue weighted by atomic mass is 32.1. The number of carbonyl (C=O) groups is 1. The molecule has 1 aliphatic carbocycles. The number of hydrogen-bond acceptors (Lipinski definition) is 3. The molecule has 1 saturated carbocycles. The second-order valence-corrected chi connectivity index (χ2v) is 7.08. The molecule has 0 atom stereocenters. The van der Waals surface area contributed by atoms with Crippen molar-refractivity contribution >= 4 is 22.9 Å². The number of amides is 1. The van der Waals surface area contributed by atoms with Crippen LogP contribution in [0, 0.1) is 11.3 Å². The van der Waals surface area contributed by atoms with Crippen LogP contribution in [-0.2, 0) is 10.2 Å². The van der Waals surface area contributed by atoms with Gasteiger partial charge in [0.05, 0.1) is 11.0 Å². The van der Waals surface area contributed by atoms with Gasteiger partial charge in [-0.1, -0.05) is 25.3 Å². The molecule has 0 saturated heterocycles. The molecule has 1 amide bonds. The van der Waals surface area contributed by atoms with Crippen LogP contribution in [0.15, 0.2) is 29.6 Å². The number of benzene rings is 1. The van der Waals surface area contributed by atoms with Gasteiger partial charge in [0.25, 0.3) is 0 Å². The van der Waals surface area contributed by atoms with Crippen molar-refractivity contribution in [1.29, 1.82) is 5.26 Å². The Balaban J connectivity index is 1.81.